The van der Waals surface area contributed by atoms with E-state index >= 15 is 0 Å². The molecule has 0 bridgehead atoms. The molecule has 2 rings (SSSR count). The van der Waals surface area contributed by atoms with E-state index in [1.807, 2.05) is 0 Å². The predicted octanol–water partition coefficient (Wildman–Crippen LogP) is 2.61. The molecule has 7 heteroatoms. The van der Waals surface area contributed by atoms with Crippen LogP contribution in [-0.4, -0.2) is 28.7 Å². The average molecular weight is 354 g/mol. The fourth-order valence-corrected chi connectivity index (χ4v) is 5.33. The van der Waals surface area contributed by atoms with E-state index < -0.39 is 10.0 Å². The van der Waals surface area contributed by atoms with Gasteiger partial charge in [0.25, 0.3) is 10.0 Å². The molecule has 0 radical (unpaired) electrons. The Hall–Kier alpha value is 0.0500. The summed E-state index contributed by atoms with van der Waals surface area (Å²) in [5, 5.41) is 1.76. The quantitative estimate of drug-likeness (QED) is 0.819. The van der Waals surface area contributed by atoms with Crippen molar-refractivity contribution in [2.24, 2.45) is 5.41 Å². The number of sulfonamides is 1. The molecular formula is C11H16BrNO3S2. The largest absolute Gasteiger partial charge is 0.385 e. The summed E-state index contributed by atoms with van der Waals surface area (Å²) in [6.07, 6.45) is 3.06. The highest BCUT2D eigenvalue weighted by molar-refractivity contribution is 9.10. The molecular weight excluding hydrogens is 338 g/mol. The Bertz CT molecular complexity index is 508. The zero-order valence-electron chi connectivity index (χ0n) is 10.1. The number of ether oxygens (including phenoxy) is 1. The van der Waals surface area contributed by atoms with Crippen molar-refractivity contribution < 1.29 is 13.2 Å². The second-order valence-electron chi connectivity index (χ2n) is 4.62. The first-order chi connectivity index (χ1) is 8.49. The normalized spacial score (nSPS) is 17.9. The van der Waals surface area contributed by atoms with Gasteiger partial charge < -0.3 is 4.74 Å². The van der Waals surface area contributed by atoms with Crippen LogP contribution in [0.15, 0.2) is 20.1 Å². The number of nitrogens with one attached hydrogen (secondary N) is 1. The Morgan fingerprint density at radius 1 is 1.56 bits per heavy atom. The number of hydrogen-bond donors (Lipinski definition) is 1. The van der Waals surface area contributed by atoms with Crippen molar-refractivity contribution in [1.29, 1.82) is 0 Å². The van der Waals surface area contributed by atoms with Crippen molar-refractivity contribution in [1.82, 2.24) is 4.72 Å². The van der Waals surface area contributed by atoms with Gasteiger partial charge in [-0.3, -0.25) is 0 Å². The maximum Gasteiger partial charge on any atom is 0.251 e. The Morgan fingerprint density at radius 2 is 2.28 bits per heavy atom. The third kappa shape index (κ3) is 3.33. The fraction of sp³-hybridized carbons (Fsp3) is 0.636. The van der Waals surface area contributed by atoms with Crippen molar-refractivity contribution in [3.63, 3.8) is 0 Å². The molecule has 0 atom stereocenters. The topological polar surface area (TPSA) is 55.4 Å². The van der Waals surface area contributed by atoms with Gasteiger partial charge in [-0.25, -0.2) is 13.1 Å². The zero-order valence-corrected chi connectivity index (χ0v) is 13.3. The van der Waals surface area contributed by atoms with Gasteiger partial charge in [-0.1, -0.05) is 0 Å². The van der Waals surface area contributed by atoms with E-state index in [0.29, 0.717) is 21.8 Å². The van der Waals surface area contributed by atoms with Crippen LogP contribution in [0.25, 0.3) is 0 Å². The van der Waals surface area contributed by atoms with E-state index in [2.05, 4.69) is 20.7 Å². The SMILES string of the molecule is COCCC1(CNS(=O)(=O)c2sccc2Br)CC1. The van der Waals surface area contributed by atoms with Crippen molar-refractivity contribution in [2.75, 3.05) is 20.3 Å². The minimum Gasteiger partial charge on any atom is -0.385 e. The van der Waals surface area contributed by atoms with Crippen LogP contribution in [0.3, 0.4) is 0 Å². The Morgan fingerprint density at radius 3 is 2.78 bits per heavy atom. The van der Waals surface area contributed by atoms with Gasteiger partial charge in [-0.15, -0.1) is 11.3 Å². The van der Waals surface area contributed by atoms with Crippen molar-refractivity contribution in [3.8, 4) is 0 Å². The fourth-order valence-electron chi connectivity index (χ4n) is 1.80. The summed E-state index contributed by atoms with van der Waals surface area (Å²) >= 11 is 4.47. The van der Waals surface area contributed by atoms with E-state index in [1.165, 1.54) is 11.3 Å². The molecule has 0 saturated heterocycles. The summed E-state index contributed by atoms with van der Waals surface area (Å²) in [5.74, 6) is 0. The molecule has 0 unspecified atom stereocenters. The van der Waals surface area contributed by atoms with E-state index in [9.17, 15) is 8.42 Å². The lowest BCUT2D eigenvalue weighted by Gasteiger charge is -2.15. The molecule has 1 aliphatic rings. The summed E-state index contributed by atoms with van der Waals surface area (Å²) in [7, 11) is -1.72. The van der Waals surface area contributed by atoms with Gasteiger partial charge in [-0.05, 0) is 52.1 Å². The molecule has 0 aromatic carbocycles. The summed E-state index contributed by atoms with van der Waals surface area (Å²) in [6, 6.07) is 1.75. The lowest BCUT2D eigenvalue weighted by molar-refractivity contribution is 0.173. The van der Waals surface area contributed by atoms with E-state index in [1.54, 1.807) is 18.6 Å². The second-order valence-corrected chi connectivity index (χ2v) is 8.36. The molecule has 1 aromatic rings. The van der Waals surface area contributed by atoms with Gasteiger partial charge in [0.1, 0.15) is 4.21 Å². The minimum absolute atomic E-state index is 0.118. The van der Waals surface area contributed by atoms with Gasteiger partial charge in [0.05, 0.1) is 0 Å². The molecule has 1 fully saturated rings. The highest BCUT2D eigenvalue weighted by Gasteiger charge is 2.42. The molecule has 1 N–H and O–H groups in total. The van der Waals surface area contributed by atoms with Crippen LogP contribution < -0.4 is 4.72 Å². The van der Waals surface area contributed by atoms with Crippen LogP contribution in [0.1, 0.15) is 19.3 Å². The molecule has 1 heterocycles. The van der Waals surface area contributed by atoms with Crippen LogP contribution in [0.2, 0.25) is 0 Å². The van der Waals surface area contributed by atoms with Crippen molar-refractivity contribution in [3.05, 3.63) is 15.9 Å². The monoisotopic (exact) mass is 353 g/mol. The van der Waals surface area contributed by atoms with Crippen LogP contribution >= 0.6 is 27.3 Å². The highest BCUT2D eigenvalue weighted by atomic mass is 79.9. The lowest BCUT2D eigenvalue weighted by Crippen LogP contribution is -2.30. The summed E-state index contributed by atoms with van der Waals surface area (Å²) in [5.41, 5.74) is 0.118. The molecule has 4 nitrogen and oxygen atoms in total. The number of halogens is 1. The van der Waals surface area contributed by atoms with Crippen LogP contribution in [0.4, 0.5) is 0 Å². The number of methoxy groups -OCH3 is 1. The first-order valence-corrected chi connectivity index (χ1v) is 8.86. The molecule has 102 valence electrons. The van der Waals surface area contributed by atoms with Crippen molar-refractivity contribution in [2.45, 2.75) is 23.5 Å². The van der Waals surface area contributed by atoms with Gasteiger partial charge >= 0.3 is 0 Å². The van der Waals surface area contributed by atoms with E-state index in [0.717, 1.165) is 19.3 Å². The third-order valence-corrected chi connectivity index (χ3v) is 7.33. The van der Waals surface area contributed by atoms with Crippen LogP contribution in [-0.2, 0) is 14.8 Å². The minimum atomic E-state index is -3.39. The van der Waals surface area contributed by atoms with E-state index in [-0.39, 0.29) is 5.41 Å². The predicted molar refractivity (Wildman–Crippen MR) is 75.4 cm³/mol. The Labute approximate surface area is 120 Å². The Kier molecular flexibility index (Phi) is 4.48. The molecule has 0 spiro atoms. The van der Waals surface area contributed by atoms with Gasteiger partial charge in [-0.2, -0.15) is 0 Å². The summed E-state index contributed by atoms with van der Waals surface area (Å²) < 4.78 is 32.9. The number of hydrogen-bond acceptors (Lipinski definition) is 4. The smallest absolute Gasteiger partial charge is 0.251 e. The first-order valence-electron chi connectivity index (χ1n) is 5.71. The highest BCUT2D eigenvalue weighted by Crippen LogP contribution is 2.48. The molecule has 1 aliphatic carbocycles. The first kappa shape index (κ1) is 14.5. The standard InChI is InChI=1S/C11H16BrNO3S2/c1-16-6-5-11(3-4-11)8-13-18(14,15)10-9(12)2-7-17-10/h2,7,13H,3-6,8H2,1H3. The molecule has 1 saturated carbocycles. The molecule has 0 aliphatic heterocycles. The molecule has 1 aromatic heterocycles. The van der Waals surface area contributed by atoms with Crippen LogP contribution in [0, 0.1) is 5.41 Å². The summed E-state index contributed by atoms with van der Waals surface area (Å²) in [6.45, 7) is 1.19. The third-order valence-electron chi connectivity index (χ3n) is 3.26. The van der Waals surface area contributed by atoms with Gasteiger partial charge in [0.15, 0.2) is 0 Å². The number of thiophene rings is 1. The number of rotatable bonds is 7. The molecule has 0 amide bonds. The van der Waals surface area contributed by atoms with Gasteiger partial charge in [0, 0.05) is 24.7 Å². The van der Waals surface area contributed by atoms with Crippen molar-refractivity contribution >= 4 is 37.3 Å². The average Bonchev–Trinajstić information content (AvgIpc) is 2.98. The second kappa shape index (κ2) is 5.58. The zero-order chi connectivity index (χ0) is 13.2. The Balaban J connectivity index is 1.96. The van der Waals surface area contributed by atoms with E-state index in [4.69, 9.17) is 4.74 Å². The lowest BCUT2D eigenvalue weighted by atomic mass is 10.0. The van der Waals surface area contributed by atoms with Crippen LogP contribution in [0.5, 0.6) is 0 Å². The maximum absolute atomic E-state index is 12.1. The maximum atomic E-state index is 12.1. The molecule has 18 heavy (non-hydrogen) atoms. The van der Waals surface area contributed by atoms with Gasteiger partial charge in [0.2, 0.25) is 0 Å². The summed E-state index contributed by atoms with van der Waals surface area (Å²) in [4.78, 5) is 0.